The van der Waals surface area contributed by atoms with Crippen molar-refractivity contribution in [1.82, 2.24) is 10.3 Å². The molecule has 0 aliphatic carbocycles. The van der Waals surface area contributed by atoms with E-state index < -0.39 is 0 Å². The normalized spacial score (nSPS) is 22.9. The Bertz CT molecular complexity index is 436. The molecule has 21 heavy (non-hydrogen) atoms. The van der Waals surface area contributed by atoms with E-state index in [1.54, 1.807) is 0 Å². The Hall–Kier alpha value is -0.450. The monoisotopic (exact) mass is 310 g/mol. The van der Waals surface area contributed by atoms with Crippen LogP contribution in [0.2, 0.25) is 0 Å². The Morgan fingerprint density at radius 3 is 2.81 bits per heavy atom. The smallest absolute Gasteiger partial charge is 0.125 e. The molecule has 0 radical (unpaired) electrons. The maximum Gasteiger partial charge on any atom is 0.125 e. The lowest BCUT2D eigenvalue weighted by Gasteiger charge is -2.31. The summed E-state index contributed by atoms with van der Waals surface area (Å²) in [4.78, 5) is 6.38. The molecule has 2 rings (SSSR count). The maximum absolute atomic E-state index is 6.08. The molecule has 1 saturated heterocycles. The van der Waals surface area contributed by atoms with Crippen LogP contribution in [-0.2, 0) is 23.3 Å². The van der Waals surface area contributed by atoms with Crippen LogP contribution in [0.3, 0.4) is 0 Å². The van der Waals surface area contributed by atoms with Gasteiger partial charge >= 0.3 is 0 Å². The summed E-state index contributed by atoms with van der Waals surface area (Å²) in [5.74, 6) is 0.643. The molecular formula is C17H30N2OS. The van der Waals surface area contributed by atoms with E-state index in [0.717, 1.165) is 32.5 Å². The SMILES string of the molecule is CCCNCc1sc(C2(C)CCCCO2)nc1CC(C)C. The summed E-state index contributed by atoms with van der Waals surface area (Å²) in [7, 11) is 0. The average Bonchev–Trinajstić information content (AvgIpc) is 2.83. The van der Waals surface area contributed by atoms with Gasteiger partial charge in [-0.15, -0.1) is 11.3 Å². The molecule has 120 valence electrons. The number of nitrogens with zero attached hydrogens (tertiary/aromatic N) is 1. The fourth-order valence-electron chi connectivity index (χ4n) is 2.78. The van der Waals surface area contributed by atoms with Crippen molar-refractivity contribution in [3.05, 3.63) is 15.6 Å². The highest BCUT2D eigenvalue weighted by molar-refractivity contribution is 7.11. The van der Waals surface area contributed by atoms with Crippen LogP contribution in [0.5, 0.6) is 0 Å². The maximum atomic E-state index is 6.08. The third-order valence-corrected chi connectivity index (χ3v) is 5.36. The van der Waals surface area contributed by atoms with Crippen molar-refractivity contribution in [3.63, 3.8) is 0 Å². The van der Waals surface area contributed by atoms with Gasteiger partial charge in [-0.05, 0) is 51.5 Å². The van der Waals surface area contributed by atoms with Gasteiger partial charge in [0, 0.05) is 18.0 Å². The fourth-order valence-corrected chi connectivity index (χ4v) is 3.96. The van der Waals surface area contributed by atoms with Crippen LogP contribution in [0.1, 0.15) is 69.0 Å². The van der Waals surface area contributed by atoms with Crippen LogP contribution in [0, 0.1) is 5.92 Å². The van der Waals surface area contributed by atoms with Gasteiger partial charge in [0.05, 0.1) is 5.69 Å². The molecule has 1 unspecified atom stereocenters. The summed E-state index contributed by atoms with van der Waals surface area (Å²) >= 11 is 1.86. The van der Waals surface area contributed by atoms with Crippen molar-refractivity contribution in [3.8, 4) is 0 Å². The predicted molar refractivity (Wildman–Crippen MR) is 89.8 cm³/mol. The van der Waals surface area contributed by atoms with Crippen LogP contribution in [0.15, 0.2) is 0 Å². The molecule has 2 heterocycles. The van der Waals surface area contributed by atoms with E-state index in [1.165, 1.54) is 34.8 Å². The minimum atomic E-state index is -0.155. The highest BCUT2D eigenvalue weighted by atomic mass is 32.1. The van der Waals surface area contributed by atoms with Gasteiger partial charge in [-0.25, -0.2) is 4.98 Å². The van der Waals surface area contributed by atoms with Crippen molar-refractivity contribution < 1.29 is 4.74 Å². The van der Waals surface area contributed by atoms with E-state index in [4.69, 9.17) is 9.72 Å². The van der Waals surface area contributed by atoms with Crippen molar-refractivity contribution >= 4 is 11.3 Å². The molecule has 1 aliphatic rings. The van der Waals surface area contributed by atoms with Gasteiger partial charge in [0.2, 0.25) is 0 Å². The van der Waals surface area contributed by atoms with E-state index in [-0.39, 0.29) is 5.60 Å². The lowest BCUT2D eigenvalue weighted by atomic mass is 9.96. The lowest BCUT2D eigenvalue weighted by molar-refractivity contribution is -0.0702. The quantitative estimate of drug-likeness (QED) is 0.764. The minimum absolute atomic E-state index is 0.155. The predicted octanol–water partition coefficient (Wildman–Crippen LogP) is 4.26. The third-order valence-electron chi connectivity index (χ3n) is 4.01. The summed E-state index contributed by atoms with van der Waals surface area (Å²) in [6, 6.07) is 0. The second-order valence-electron chi connectivity index (χ2n) is 6.70. The topological polar surface area (TPSA) is 34.1 Å². The van der Waals surface area contributed by atoms with Crippen LogP contribution in [0.4, 0.5) is 0 Å². The number of aromatic nitrogens is 1. The third kappa shape index (κ3) is 4.51. The molecule has 1 aliphatic heterocycles. The second-order valence-corrected chi connectivity index (χ2v) is 7.78. The summed E-state index contributed by atoms with van der Waals surface area (Å²) in [6.45, 7) is 11.8. The zero-order valence-electron chi connectivity index (χ0n) is 14.0. The van der Waals surface area contributed by atoms with Crippen molar-refractivity contribution in [1.29, 1.82) is 0 Å². The van der Waals surface area contributed by atoms with Crippen LogP contribution >= 0.6 is 11.3 Å². The van der Waals surface area contributed by atoms with Gasteiger partial charge in [-0.3, -0.25) is 0 Å². The van der Waals surface area contributed by atoms with E-state index >= 15 is 0 Å². The first-order valence-corrected chi connectivity index (χ1v) is 9.20. The molecule has 1 aromatic heterocycles. The largest absolute Gasteiger partial charge is 0.368 e. The van der Waals surface area contributed by atoms with Gasteiger partial charge in [0.1, 0.15) is 10.6 Å². The van der Waals surface area contributed by atoms with Gasteiger partial charge < -0.3 is 10.1 Å². The second kappa shape index (κ2) is 7.70. The summed E-state index contributed by atoms with van der Waals surface area (Å²) in [5, 5.41) is 4.71. The zero-order chi connectivity index (χ0) is 15.3. The van der Waals surface area contributed by atoms with Crippen LogP contribution in [-0.4, -0.2) is 18.1 Å². The highest BCUT2D eigenvalue weighted by Crippen LogP contribution is 2.38. The number of nitrogens with one attached hydrogen (secondary N) is 1. The van der Waals surface area contributed by atoms with Crippen molar-refractivity contribution in [2.24, 2.45) is 5.92 Å². The van der Waals surface area contributed by atoms with Gasteiger partial charge in [0.15, 0.2) is 0 Å². The first-order chi connectivity index (χ1) is 10.0. The number of hydrogen-bond donors (Lipinski definition) is 1. The van der Waals surface area contributed by atoms with E-state index in [1.807, 2.05) is 11.3 Å². The molecular weight excluding hydrogens is 280 g/mol. The molecule has 0 saturated carbocycles. The molecule has 3 nitrogen and oxygen atoms in total. The lowest BCUT2D eigenvalue weighted by Crippen LogP contribution is -2.30. The van der Waals surface area contributed by atoms with Crippen molar-refractivity contribution in [2.45, 2.75) is 71.9 Å². The zero-order valence-corrected chi connectivity index (χ0v) is 14.8. The molecule has 0 bridgehead atoms. The van der Waals surface area contributed by atoms with Crippen molar-refractivity contribution in [2.75, 3.05) is 13.2 Å². The number of ether oxygens (including phenoxy) is 1. The van der Waals surface area contributed by atoms with Gasteiger partial charge in [0.25, 0.3) is 0 Å². The Morgan fingerprint density at radius 1 is 1.38 bits per heavy atom. The summed E-state index contributed by atoms with van der Waals surface area (Å²) in [5.41, 5.74) is 1.13. The molecule has 1 aromatic rings. The molecule has 0 amide bonds. The Balaban J connectivity index is 2.17. The minimum Gasteiger partial charge on any atom is -0.368 e. The fraction of sp³-hybridized carbons (Fsp3) is 0.824. The van der Waals surface area contributed by atoms with E-state index in [9.17, 15) is 0 Å². The van der Waals surface area contributed by atoms with Crippen LogP contribution < -0.4 is 5.32 Å². The number of thiazole rings is 1. The molecule has 1 N–H and O–H groups in total. The standard InChI is InChI=1S/C17H30N2OS/c1-5-9-18-12-15-14(11-13(2)3)19-16(21-15)17(4)8-6-7-10-20-17/h13,18H,5-12H2,1-4H3. The Kier molecular flexibility index (Phi) is 6.20. The van der Waals surface area contributed by atoms with Gasteiger partial charge in [-0.2, -0.15) is 0 Å². The molecule has 1 atom stereocenters. The molecule has 0 spiro atoms. The van der Waals surface area contributed by atoms with Crippen LogP contribution in [0.25, 0.3) is 0 Å². The first-order valence-electron chi connectivity index (χ1n) is 8.39. The number of rotatable bonds is 7. The molecule has 0 aromatic carbocycles. The Labute approximate surface area is 133 Å². The first kappa shape index (κ1) is 16.9. The molecule has 1 fully saturated rings. The Morgan fingerprint density at radius 2 is 2.19 bits per heavy atom. The number of hydrogen-bond acceptors (Lipinski definition) is 4. The van der Waals surface area contributed by atoms with Gasteiger partial charge in [-0.1, -0.05) is 20.8 Å². The summed E-state index contributed by atoms with van der Waals surface area (Å²) < 4.78 is 6.08. The molecule has 4 heteroatoms. The summed E-state index contributed by atoms with van der Waals surface area (Å²) in [6.07, 6.45) is 5.77. The highest BCUT2D eigenvalue weighted by Gasteiger charge is 2.34. The van der Waals surface area contributed by atoms with E-state index in [2.05, 4.69) is 33.0 Å². The average molecular weight is 311 g/mol. The van der Waals surface area contributed by atoms with E-state index in [0.29, 0.717) is 5.92 Å².